The van der Waals surface area contributed by atoms with E-state index in [0.717, 1.165) is 52.0 Å². The van der Waals surface area contributed by atoms with Gasteiger partial charge in [0.1, 0.15) is 0 Å². The van der Waals surface area contributed by atoms with Crippen molar-refractivity contribution in [3.05, 3.63) is 24.2 Å². The minimum Gasteiger partial charge on any atom is -0.472 e. The zero-order valence-electron chi connectivity index (χ0n) is 11.5. The Morgan fingerprint density at radius 3 is 2.75 bits per heavy atom. The maximum Gasteiger partial charge on any atom is 0.217 e. The average Bonchev–Trinajstić information content (AvgIpc) is 2.96. The molecular weight excluding hydrogens is 276 g/mol. The smallest absolute Gasteiger partial charge is 0.217 e. The molecule has 3 fully saturated rings. The van der Waals surface area contributed by atoms with E-state index in [0.29, 0.717) is 0 Å². The summed E-state index contributed by atoms with van der Waals surface area (Å²) in [5, 5.41) is -0.0664. The first-order valence-electron chi connectivity index (χ1n) is 7.30. The van der Waals surface area contributed by atoms with Crippen LogP contribution in [0.2, 0.25) is 0 Å². The van der Waals surface area contributed by atoms with Gasteiger partial charge in [0, 0.05) is 37.2 Å². The van der Waals surface area contributed by atoms with Crippen LogP contribution >= 0.6 is 0 Å². The van der Waals surface area contributed by atoms with Crippen molar-refractivity contribution in [3.8, 4) is 0 Å². The Bertz CT molecular complexity index is 586. The molecule has 0 amide bonds. The zero-order valence-corrected chi connectivity index (χ0v) is 12.3. The second-order valence-corrected chi connectivity index (χ2v) is 8.82. The number of rotatable bonds is 4. The zero-order chi connectivity index (χ0) is 13.8. The van der Waals surface area contributed by atoms with Crippen LogP contribution in [0.25, 0.3) is 0 Å². The maximum absolute atomic E-state index is 12.2. The van der Waals surface area contributed by atoms with Crippen molar-refractivity contribution in [3.63, 3.8) is 0 Å². The lowest BCUT2D eigenvalue weighted by atomic mass is 9.81. The summed E-state index contributed by atoms with van der Waals surface area (Å²) < 4.78 is 31.1. The van der Waals surface area contributed by atoms with Gasteiger partial charge in [0.15, 0.2) is 0 Å². The van der Waals surface area contributed by atoms with Crippen molar-refractivity contribution >= 4 is 10.0 Å². The van der Waals surface area contributed by atoms with Crippen LogP contribution in [-0.2, 0) is 16.6 Å². The first-order valence-corrected chi connectivity index (χ1v) is 8.80. The van der Waals surface area contributed by atoms with Crippen LogP contribution in [0.5, 0.6) is 0 Å². The quantitative estimate of drug-likeness (QED) is 0.840. The largest absolute Gasteiger partial charge is 0.472 e. The third kappa shape index (κ3) is 2.10. The molecule has 0 aromatic carbocycles. The van der Waals surface area contributed by atoms with Crippen LogP contribution in [0.3, 0.4) is 0 Å². The first-order chi connectivity index (χ1) is 9.57. The molecule has 0 unspecified atom stereocenters. The minimum absolute atomic E-state index is 0.0664. The van der Waals surface area contributed by atoms with E-state index < -0.39 is 10.0 Å². The van der Waals surface area contributed by atoms with Crippen molar-refractivity contribution < 1.29 is 12.8 Å². The Balaban J connectivity index is 1.36. The Kier molecular flexibility index (Phi) is 2.78. The van der Waals surface area contributed by atoms with E-state index in [1.165, 1.54) is 5.56 Å². The van der Waals surface area contributed by atoms with Gasteiger partial charge in [0.05, 0.1) is 17.8 Å². The molecule has 1 aromatic heterocycles. The lowest BCUT2D eigenvalue weighted by Gasteiger charge is -2.47. The van der Waals surface area contributed by atoms with Gasteiger partial charge in [-0.3, -0.25) is 4.90 Å². The Hall–Kier alpha value is -0.850. The van der Waals surface area contributed by atoms with Gasteiger partial charge in [0.25, 0.3) is 0 Å². The summed E-state index contributed by atoms with van der Waals surface area (Å²) in [6.07, 6.45) is 6.32. The van der Waals surface area contributed by atoms with Crippen molar-refractivity contribution in [2.75, 3.05) is 26.2 Å². The molecule has 1 spiro atoms. The van der Waals surface area contributed by atoms with E-state index in [9.17, 15) is 8.42 Å². The lowest BCUT2D eigenvalue weighted by Crippen LogP contribution is -2.60. The molecule has 3 aliphatic rings. The monoisotopic (exact) mass is 296 g/mol. The SMILES string of the molecule is O=S(=O)(C1CC1)N1CC2(CCN(Cc3ccoc3)C2)C1. The van der Waals surface area contributed by atoms with E-state index in [4.69, 9.17) is 4.42 Å². The number of sulfonamides is 1. The highest BCUT2D eigenvalue weighted by atomic mass is 32.2. The first kappa shape index (κ1) is 12.9. The molecular formula is C14H20N2O3S. The Morgan fingerprint density at radius 1 is 1.30 bits per heavy atom. The second kappa shape index (κ2) is 4.32. The van der Waals surface area contributed by atoms with Crippen LogP contribution in [0, 0.1) is 5.41 Å². The highest BCUT2D eigenvalue weighted by Gasteiger charge is 2.54. The summed E-state index contributed by atoms with van der Waals surface area (Å²) >= 11 is 0. The fourth-order valence-electron chi connectivity index (χ4n) is 3.52. The van der Waals surface area contributed by atoms with Crippen molar-refractivity contribution in [2.24, 2.45) is 5.41 Å². The molecule has 0 N–H and O–H groups in total. The maximum atomic E-state index is 12.2. The summed E-state index contributed by atoms with van der Waals surface area (Å²) in [5.74, 6) is 0. The second-order valence-electron chi connectivity index (χ2n) is 6.60. The molecule has 6 heteroatoms. The van der Waals surface area contributed by atoms with Gasteiger partial charge in [-0.25, -0.2) is 12.7 Å². The van der Waals surface area contributed by atoms with Gasteiger partial charge in [-0.1, -0.05) is 0 Å². The molecule has 5 nitrogen and oxygen atoms in total. The molecule has 2 saturated heterocycles. The third-order valence-electron chi connectivity index (χ3n) is 4.83. The number of nitrogens with zero attached hydrogens (tertiary/aromatic N) is 2. The summed E-state index contributed by atoms with van der Waals surface area (Å²) in [5.41, 5.74) is 1.41. The molecule has 2 aliphatic heterocycles. The normalized spacial score (nSPS) is 27.0. The van der Waals surface area contributed by atoms with Gasteiger partial charge in [0.2, 0.25) is 10.0 Å². The van der Waals surface area contributed by atoms with Crippen LogP contribution in [0.1, 0.15) is 24.8 Å². The summed E-state index contributed by atoms with van der Waals surface area (Å²) in [4.78, 5) is 2.41. The summed E-state index contributed by atoms with van der Waals surface area (Å²) in [7, 11) is -2.96. The Morgan fingerprint density at radius 2 is 2.10 bits per heavy atom. The molecule has 1 aromatic rings. The molecule has 1 saturated carbocycles. The highest BCUT2D eigenvalue weighted by Crippen LogP contribution is 2.44. The van der Waals surface area contributed by atoms with E-state index >= 15 is 0 Å². The Labute approximate surface area is 119 Å². The van der Waals surface area contributed by atoms with Gasteiger partial charge in [-0.15, -0.1) is 0 Å². The third-order valence-corrected chi connectivity index (χ3v) is 7.12. The van der Waals surface area contributed by atoms with Crippen LogP contribution in [0.15, 0.2) is 23.0 Å². The number of hydrogen-bond donors (Lipinski definition) is 0. The number of furan rings is 1. The van der Waals surface area contributed by atoms with Crippen molar-refractivity contribution in [1.29, 1.82) is 0 Å². The fraction of sp³-hybridized carbons (Fsp3) is 0.714. The molecule has 110 valence electrons. The van der Waals surface area contributed by atoms with Crippen LogP contribution in [0.4, 0.5) is 0 Å². The van der Waals surface area contributed by atoms with E-state index in [-0.39, 0.29) is 10.7 Å². The number of likely N-dealkylation sites (tertiary alicyclic amines) is 1. The summed E-state index contributed by atoms with van der Waals surface area (Å²) in [6, 6.07) is 2.00. The molecule has 4 rings (SSSR count). The van der Waals surface area contributed by atoms with Gasteiger partial charge in [-0.2, -0.15) is 0 Å². The summed E-state index contributed by atoms with van der Waals surface area (Å²) in [6.45, 7) is 4.44. The van der Waals surface area contributed by atoms with Gasteiger partial charge < -0.3 is 4.42 Å². The average molecular weight is 296 g/mol. The van der Waals surface area contributed by atoms with Crippen LogP contribution < -0.4 is 0 Å². The predicted molar refractivity (Wildman–Crippen MR) is 74.5 cm³/mol. The lowest BCUT2D eigenvalue weighted by molar-refractivity contribution is 0.0768. The van der Waals surface area contributed by atoms with E-state index in [1.54, 1.807) is 16.8 Å². The highest BCUT2D eigenvalue weighted by molar-refractivity contribution is 7.90. The van der Waals surface area contributed by atoms with Gasteiger partial charge in [-0.05, 0) is 31.9 Å². The van der Waals surface area contributed by atoms with Crippen LogP contribution in [-0.4, -0.2) is 49.1 Å². The molecule has 20 heavy (non-hydrogen) atoms. The number of hydrogen-bond acceptors (Lipinski definition) is 4. The van der Waals surface area contributed by atoms with E-state index in [2.05, 4.69) is 4.90 Å². The van der Waals surface area contributed by atoms with Crippen molar-refractivity contribution in [2.45, 2.75) is 31.1 Å². The molecule has 1 aliphatic carbocycles. The molecule has 3 heterocycles. The molecule has 0 bridgehead atoms. The predicted octanol–water partition coefficient (Wildman–Crippen LogP) is 1.28. The van der Waals surface area contributed by atoms with E-state index in [1.807, 2.05) is 6.07 Å². The van der Waals surface area contributed by atoms with Gasteiger partial charge >= 0.3 is 0 Å². The topological polar surface area (TPSA) is 53.8 Å². The fourth-order valence-corrected chi connectivity index (χ4v) is 5.58. The standard InChI is InChI=1S/C14H20N2O3S/c17-20(18,13-1-2-13)16-10-14(11-16)4-5-15(9-14)7-12-3-6-19-8-12/h3,6,8,13H,1-2,4-5,7,9-11H2. The van der Waals surface area contributed by atoms with Crippen molar-refractivity contribution in [1.82, 2.24) is 9.21 Å². The molecule has 0 radical (unpaired) electrons. The minimum atomic E-state index is -2.96. The molecule has 0 atom stereocenters.